The number of nitrogens with one attached hydrogen (secondary N) is 1. The van der Waals surface area contributed by atoms with Gasteiger partial charge in [-0.25, -0.2) is 0 Å². The number of rotatable bonds is 6. The number of benzene rings is 1. The average molecular weight is 476 g/mol. The molecule has 2 aliphatic heterocycles. The van der Waals surface area contributed by atoms with Gasteiger partial charge in [0.1, 0.15) is 0 Å². The summed E-state index contributed by atoms with van der Waals surface area (Å²) in [4.78, 5) is 28.3. The molecule has 1 unspecified atom stereocenters. The maximum Gasteiger partial charge on any atom is 0.389 e. The lowest BCUT2D eigenvalue weighted by atomic mass is 9.89. The first-order valence-electron chi connectivity index (χ1n) is 11.6. The molecule has 0 saturated carbocycles. The monoisotopic (exact) mass is 475 g/mol. The highest BCUT2D eigenvalue weighted by Gasteiger charge is 2.31. The Morgan fingerprint density at radius 2 is 1.76 bits per heavy atom. The fourth-order valence-corrected chi connectivity index (χ4v) is 4.60. The fraction of sp³-hybridized carbons (Fsp3) is 0.500. The van der Waals surface area contributed by atoms with E-state index in [2.05, 4.69) is 20.4 Å². The zero-order valence-electron chi connectivity index (χ0n) is 18.8. The maximum absolute atomic E-state index is 12.7. The Morgan fingerprint density at radius 1 is 1.03 bits per heavy atom. The van der Waals surface area contributed by atoms with Crippen molar-refractivity contribution in [3.05, 3.63) is 48.2 Å². The summed E-state index contributed by atoms with van der Waals surface area (Å²) in [5.41, 5.74) is 1.83. The third kappa shape index (κ3) is 6.24. The number of amides is 2. The SMILES string of the molecule is O=C(Nc1ccc(C2CCN(C(=O)CCC(F)(F)F)CC2)cc1)C1CCN(c2cccnn2)C1. The Bertz CT molecular complexity index is 976. The van der Waals surface area contributed by atoms with E-state index >= 15 is 0 Å². The van der Waals surface area contributed by atoms with Gasteiger partial charge in [-0.1, -0.05) is 12.1 Å². The summed E-state index contributed by atoms with van der Waals surface area (Å²) in [5.74, 6) is 0.436. The second-order valence-corrected chi connectivity index (χ2v) is 8.89. The van der Waals surface area contributed by atoms with Gasteiger partial charge in [-0.2, -0.15) is 18.3 Å². The van der Waals surface area contributed by atoms with Crippen molar-refractivity contribution in [2.24, 2.45) is 5.92 Å². The molecule has 3 heterocycles. The molecule has 34 heavy (non-hydrogen) atoms. The number of nitrogens with zero attached hydrogens (tertiary/aromatic N) is 4. The van der Waals surface area contributed by atoms with Gasteiger partial charge in [0.2, 0.25) is 11.8 Å². The number of halogens is 3. The number of piperidine rings is 1. The second-order valence-electron chi connectivity index (χ2n) is 8.89. The molecule has 2 aromatic rings. The molecule has 1 N–H and O–H groups in total. The lowest BCUT2D eigenvalue weighted by Crippen LogP contribution is -2.38. The molecule has 2 amide bonds. The van der Waals surface area contributed by atoms with Gasteiger partial charge >= 0.3 is 6.18 Å². The molecule has 0 aliphatic carbocycles. The molecule has 182 valence electrons. The van der Waals surface area contributed by atoms with Crippen molar-refractivity contribution in [3.8, 4) is 0 Å². The predicted octanol–water partition coefficient (Wildman–Crippen LogP) is 3.99. The van der Waals surface area contributed by atoms with Crippen LogP contribution in [0, 0.1) is 5.92 Å². The topological polar surface area (TPSA) is 78.4 Å². The average Bonchev–Trinajstić information content (AvgIpc) is 3.34. The number of alkyl halides is 3. The minimum Gasteiger partial charge on any atom is -0.354 e. The number of aromatic nitrogens is 2. The molecule has 0 spiro atoms. The summed E-state index contributed by atoms with van der Waals surface area (Å²) < 4.78 is 37.0. The van der Waals surface area contributed by atoms with Crippen LogP contribution in [-0.2, 0) is 9.59 Å². The van der Waals surface area contributed by atoms with Crippen molar-refractivity contribution in [1.29, 1.82) is 0 Å². The van der Waals surface area contributed by atoms with E-state index in [0.29, 0.717) is 32.5 Å². The zero-order chi connectivity index (χ0) is 24.1. The summed E-state index contributed by atoms with van der Waals surface area (Å²) in [7, 11) is 0. The standard InChI is InChI=1S/C24H28F3N5O2/c25-24(26,27)11-7-22(33)31-13-8-18(9-14-31)17-3-5-20(6-4-17)29-23(34)19-10-15-32(16-19)21-2-1-12-28-30-21/h1-6,12,18-19H,7-11,13-16H2,(H,29,34). The van der Waals surface area contributed by atoms with Crippen LogP contribution < -0.4 is 10.2 Å². The summed E-state index contributed by atoms with van der Waals surface area (Å²) >= 11 is 0. The lowest BCUT2D eigenvalue weighted by molar-refractivity contribution is -0.149. The molecule has 0 radical (unpaired) electrons. The van der Waals surface area contributed by atoms with Gasteiger partial charge in [-0.15, -0.1) is 5.10 Å². The quantitative estimate of drug-likeness (QED) is 0.684. The highest BCUT2D eigenvalue weighted by Crippen LogP contribution is 2.30. The molecule has 1 aromatic heterocycles. The Balaban J connectivity index is 1.24. The molecule has 10 heteroatoms. The number of carbonyl (C=O) groups is 2. The molecule has 1 atom stereocenters. The van der Waals surface area contributed by atoms with Crippen LogP contribution in [0.5, 0.6) is 0 Å². The van der Waals surface area contributed by atoms with E-state index in [4.69, 9.17) is 0 Å². The van der Waals surface area contributed by atoms with Crippen LogP contribution in [0.25, 0.3) is 0 Å². The minimum absolute atomic E-state index is 0.0233. The van der Waals surface area contributed by atoms with E-state index in [1.165, 1.54) is 4.90 Å². The van der Waals surface area contributed by atoms with E-state index < -0.39 is 24.9 Å². The molecule has 2 fully saturated rings. The van der Waals surface area contributed by atoms with E-state index in [0.717, 1.165) is 30.0 Å². The molecule has 1 aromatic carbocycles. The predicted molar refractivity (Wildman–Crippen MR) is 121 cm³/mol. The third-order valence-corrected chi connectivity index (χ3v) is 6.56. The van der Waals surface area contributed by atoms with E-state index in [1.807, 2.05) is 36.4 Å². The van der Waals surface area contributed by atoms with Crippen molar-refractivity contribution in [2.45, 2.75) is 44.2 Å². The Morgan fingerprint density at radius 3 is 2.41 bits per heavy atom. The summed E-state index contributed by atoms with van der Waals surface area (Å²) in [6.07, 6.45) is -2.07. The van der Waals surface area contributed by atoms with Crippen LogP contribution in [0.1, 0.15) is 43.6 Å². The number of hydrogen-bond donors (Lipinski definition) is 1. The van der Waals surface area contributed by atoms with Crippen molar-refractivity contribution in [2.75, 3.05) is 36.4 Å². The maximum atomic E-state index is 12.7. The highest BCUT2D eigenvalue weighted by atomic mass is 19.4. The lowest BCUT2D eigenvalue weighted by Gasteiger charge is -2.32. The van der Waals surface area contributed by atoms with E-state index in [1.54, 1.807) is 6.20 Å². The van der Waals surface area contributed by atoms with E-state index in [-0.39, 0.29) is 17.7 Å². The van der Waals surface area contributed by atoms with Crippen molar-refractivity contribution >= 4 is 23.3 Å². The summed E-state index contributed by atoms with van der Waals surface area (Å²) in [6, 6.07) is 11.4. The van der Waals surface area contributed by atoms with Gasteiger partial charge in [-0.05, 0) is 55.0 Å². The molecular formula is C24H28F3N5O2. The first-order valence-corrected chi connectivity index (χ1v) is 11.6. The van der Waals surface area contributed by atoms with Crippen LogP contribution in [0.4, 0.5) is 24.7 Å². The Hall–Kier alpha value is -3.17. The van der Waals surface area contributed by atoms with Crippen LogP contribution in [0.15, 0.2) is 42.6 Å². The van der Waals surface area contributed by atoms with Crippen molar-refractivity contribution in [1.82, 2.24) is 15.1 Å². The van der Waals surface area contributed by atoms with Gasteiger partial charge in [-0.3, -0.25) is 9.59 Å². The van der Waals surface area contributed by atoms with Gasteiger partial charge in [0, 0.05) is 44.5 Å². The zero-order valence-corrected chi connectivity index (χ0v) is 18.8. The smallest absolute Gasteiger partial charge is 0.354 e. The molecule has 4 rings (SSSR count). The van der Waals surface area contributed by atoms with Crippen LogP contribution in [0.3, 0.4) is 0 Å². The van der Waals surface area contributed by atoms with Gasteiger partial charge in [0.15, 0.2) is 5.82 Å². The molecule has 7 nitrogen and oxygen atoms in total. The van der Waals surface area contributed by atoms with Gasteiger partial charge in [0.05, 0.1) is 12.3 Å². The molecule has 0 bridgehead atoms. The summed E-state index contributed by atoms with van der Waals surface area (Å²) in [6.45, 7) is 2.28. The van der Waals surface area contributed by atoms with E-state index in [9.17, 15) is 22.8 Å². The second kappa shape index (κ2) is 10.4. The van der Waals surface area contributed by atoms with Gasteiger partial charge < -0.3 is 15.1 Å². The first-order chi connectivity index (χ1) is 16.3. The van der Waals surface area contributed by atoms with Crippen molar-refractivity contribution in [3.63, 3.8) is 0 Å². The number of carbonyl (C=O) groups excluding carboxylic acids is 2. The summed E-state index contributed by atoms with van der Waals surface area (Å²) in [5, 5.41) is 11.0. The minimum atomic E-state index is -4.31. The van der Waals surface area contributed by atoms with Crippen LogP contribution in [-0.4, -0.2) is 59.3 Å². The van der Waals surface area contributed by atoms with Crippen LogP contribution in [0.2, 0.25) is 0 Å². The molecular weight excluding hydrogens is 447 g/mol. The molecule has 2 saturated heterocycles. The number of anilines is 2. The molecule has 2 aliphatic rings. The normalized spacial score (nSPS) is 19.3. The van der Waals surface area contributed by atoms with Crippen LogP contribution >= 0.6 is 0 Å². The third-order valence-electron chi connectivity index (χ3n) is 6.56. The first kappa shape index (κ1) is 24.0. The fourth-order valence-electron chi connectivity index (χ4n) is 4.60. The van der Waals surface area contributed by atoms with Gasteiger partial charge in [0.25, 0.3) is 0 Å². The number of likely N-dealkylation sites (tertiary alicyclic amines) is 1. The Kier molecular flexibility index (Phi) is 7.33. The number of hydrogen-bond acceptors (Lipinski definition) is 5. The largest absolute Gasteiger partial charge is 0.389 e. The van der Waals surface area contributed by atoms with Crippen molar-refractivity contribution < 1.29 is 22.8 Å². The Labute approximate surface area is 196 Å². The highest BCUT2D eigenvalue weighted by molar-refractivity contribution is 5.93.